The van der Waals surface area contributed by atoms with Crippen molar-refractivity contribution < 1.29 is 139 Å². The van der Waals surface area contributed by atoms with Gasteiger partial charge in [0.1, 0.15) is 36.6 Å². The molecule has 0 amide bonds. The van der Waals surface area contributed by atoms with Gasteiger partial charge in [-0.05, 0) is 0 Å². The molecule has 0 aromatic rings. The molecule has 2 saturated heterocycles. The standard InChI is InChI=1S/C12H22O32S7/c13-11-9(43-50(29,30)31)7(41-48(23,24)25)5(3(37-11)1-35-45(14,15)16)39-12-10(44-51(32,33)34)8(42-49(26,27)28)6(40-47(20,21)22)4(38-12)2-36-46(17,18)19/h3-13H,1-2H2,(H,14,15,16)(H,17,18,19)(H,20,21,22)(H,23,24,25)(H,26,27,28)(H,29,30,31)(H,32,33,34)/t3-,4-,5+,6-,7-,8+,9-,10-,11?,12+/m0/s1. The van der Waals surface area contributed by atoms with Crippen molar-refractivity contribution >= 4 is 72.8 Å². The third-order valence-corrected chi connectivity index (χ3v) is 8.61. The Morgan fingerprint density at radius 2 is 0.706 bits per heavy atom. The Morgan fingerprint density at radius 3 is 1.08 bits per heavy atom. The molecule has 1 unspecified atom stereocenters. The van der Waals surface area contributed by atoms with Crippen LogP contribution in [0.2, 0.25) is 0 Å². The van der Waals surface area contributed by atoms with Gasteiger partial charge in [-0.2, -0.15) is 58.9 Å². The molecule has 0 spiro atoms. The van der Waals surface area contributed by atoms with Crippen LogP contribution in [0.3, 0.4) is 0 Å². The second kappa shape index (κ2) is 16.3. The normalized spacial score (nSPS) is 32.1. The van der Waals surface area contributed by atoms with Gasteiger partial charge in [-0.15, -0.1) is 0 Å². The summed E-state index contributed by atoms with van der Waals surface area (Å²) in [7, 11) is -41.2. The molecule has 304 valence electrons. The molecule has 2 aliphatic heterocycles. The lowest BCUT2D eigenvalue weighted by atomic mass is 9.97. The van der Waals surface area contributed by atoms with Crippen LogP contribution in [0.5, 0.6) is 0 Å². The minimum Gasteiger partial charge on any atom is -0.366 e. The highest BCUT2D eigenvalue weighted by atomic mass is 32.3. The first-order chi connectivity index (χ1) is 22.5. The van der Waals surface area contributed by atoms with Crippen molar-refractivity contribution in [1.29, 1.82) is 0 Å². The van der Waals surface area contributed by atoms with Crippen molar-refractivity contribution in [2.45, 2.75) is 61.4 Å². The number of hydrogen-bond acceptors (Lipinski definition) is 25. The molecule has 0 radical (unpaired) electrons. The summed E-state index contributed by atoms with van der Waals surface area (Å²) in [6.45, 7) is -3.59. The molecule has 0 aromatic heterocycles. The summed E-state index contributed by atoms with van der Waals surface area (Å²) in [6.07, 6.45) is -30.2. The van der Waals surface area contributed by atoms with Gasteiger partial charge in [0.15, 0.2) is 24.8 Å². The van der Waals surface area contributed by atoms with Gasteiger partial charge < -0.3 is 19.3 Å². The molecule has 51 heavy (non-hydrogen) atoms. The van der Waals surface area contributed by atoms with E-state index in [9.17, 15) is 82.2 Å². The smallest absolute Gasteiger partial charge is 0.366 e. The molecule has 2 fully saturated rings. The SMILES string of the molecule is O=S(=O)(O)OC[C@@H]1O[C@H](O[C@H]2[C@H](OS(=O)(=O)O)[C@H](OS(=O)(=O)O)C(O)O[C@H]2COS(=O)(=O)O)[C@@H](OS(=O)(=O)O)[C@H](OS(=O)(=O)O)[C@H]1OS(=O)(=O)O. The maximum Gasteiger partial charge on any atom is 0.397 e. The van der Waals surface area contributed by atoms with E-state index in [4.69, 9.17) is 27.9 Å². The zero-order chi connectivity index (χ0) is 39.8. The Hall–Kier alpha value is -1.07. The summed E-state index contributed by atoms with van der Waals surface area (Å²) in [6, 6.07) is 0. The lowest BCUT2D eigenvalue weighted by Gasteiger charge is -2.47. The van der Waals surface area contributed by atoms with Crippen LogP contribution in [-0.4, -0.2) is 171 Å². The van der Waals surface area contributed by atoms with Crippen molar-refractivity contribution in [2.24, 2.45) is 0 Å². The molecule has 0 aliphatic carbocycles. The van der Waals surface area contributed by atoms with Gasteiger partial charge in [0, 0.05) is 0 Å². The van der Waals surface area contributed by atoms with Crippen LogP contribution in [-0.2, 0) is 116 Å². The molecular weight excluding hydrogens is 881 g/mol. The molecule has 0 saturated carbocycles. The van der Waals surface area contributed by atoms with E-state index in [1.807, 2.05) is 0 Å². The Bertz CT molecular complexity index is 2000. The third kappa shape index (κ3) is 16.9. The van der Waals surface area contributed by atoms with Crippen LogP contribution >= 0.6 is 0 Å². The summed E-state index contributed by atoms with van der Waals surface area (Å²) in [5, 5.41) is 10.2. The van der Waals surface area contributed by atoms with Crippen LogP contribution < -0.4 is 0 Å². The van der Waals surface area contributed by atoms with Gasteiger partial charge in [-0.3, -0.25) is 31.9 Å². The van der Waals surface area contributed by atoms with E-state index in [2.05, 4.69) is 29.3 Å². The molecule has 10 atom stereocenters. The van der Waals surface area contributed by atoms with Crippen LogP contribution in [0, 0.1) is 0 Å². The molecule has 2 heterocycles. The second-order valence-corrected chi connectivity index (χ2v) is 16.5. The summed E-state index contributed by atoms with van der Waals surface area (Å²) >= 11 is 0. The Kier molecular flexibility index (Phi) is 14.8. The summed E-state index contributed by atoms with van der Waals surface area (Å²) < 4.78 is 269. The first-order valence-electron chi connectivity index (χ1n) is 11.7. The van der Waals surface area contributed by atoms with E-state index in [0.717, 1.165) is 0 Å². The fourth-order valence-corrected chi connectivity index (χ4v) is 7.11. The number of ether oxygens (including phenoxy) is 3. The van der Waals surface area contributed by atoms with E-state index >= 15 is 0 Å². The first-order valence-corrected chi connectivity index (χ1v) is 21.2. The molecule has 39 heteroatoms. The number of aliphatic hydroxyl groups excluding tert-OH is 1. The zero-order valence-electron chi connectivity index (χ0n) is 23.4. The third-order valence-electron chi connectivity index (χ3n) is 5.42. The lowest BCUT2D eigenvalue weighted by Crippen LogP contribution is -2.67. The predicted octanol–water partition coefficient (Wildman–Crippen LogP) is -6.61. The Labute approximate surface area is 286 Å². The molecule has 2 aliphatic rings. The fraction of sp³-hybridized carbons (Fsp3) is 1.00. The number of hydrogen-bond donors (Lipinski definition) is 8. The Morgan fingerprint density at radius 1 is 0.392 bits per heavy atom. The van der Waals surface area contributed by atoms with E-state index in [-0.39, 0.29) is 0 Å². The average molecular weight is 903 g/mol. The minimum absolute atomic E-state index is 1.74. The summed E-state index contributed by atoms with van der Waals surface area (Å²) in [5.41, 5.74) is 0. The monoisotopic (exact) mass is 902 g/mol. The van der Waals surface area contributed by atoms with Crippen molar-refractivity contribution in [3.8, 4) is 0 Å². The highest BCUT2D eigenvalue weighted by Gasteiger charge is 2.58. The molecule has 2 rings (SSSR count). The van der Waals surface area contributed by atoms with Crippen LogP contribution in [0.25, 0.3) is 0 Å². The van der Waals surface area contributed by atoms with Crippen molar-refractivity contribution in [3.63, 3.8) is 0 Å². The van der Waals surface area contributed by atoms with Gasteiger partial charge in [0.25, 0.3) is 0 Å². The first kappa shape index (κ1) is 46.1. The quantitative estimate of drug-likeness (QED) is 0.0593. The summed E-state index contributed by atoms with van der Waals surface area (Å²) in [5.74, 6) is 0. The number of rotatable bonds is 18. The average Bonchev–Trinajstić information content (AvgIpc) is 2.84. The van der Waals surface area contributed by atoms with E-state index in [0.29, 0.717) is 0 Å². The van der Waals surface area contributed by atoms with Crippen LogP contribution in [0.15, 0.2) is 0 Å². The van der Waals surface area contributed by atoms with Crippen molar-refractivity contribution in [2.75, 3.05) is 13.2 Å². The van der Waals surface area contributed by atoms with Crippen molar-refractivity contribution in [3.05, 3.63) is 0 Å². The minimum atomic E-state index is -6.10. The number of aliphatic hydroxyl groups is 1. The van der Waals surface area contributed by atoms with E-state index in [1.54, 1.807) is 0 Å². The van der Waals surface area contributed by atoms with Gasteiger partial charge in [0.05, 0.1) is 13.2 Å². The van der Waals surface area contributed by atoms with Gasteiger partial charge in [0.2, 0.25) is 0 Å². The maximum absolute atomic E-state index is 11.7. The zero-order valence-corrected chi connectivity index (χ0v) is 29.1. The lowest BCUT2D eigenvalue weighted by molar-refractivity contribution is -0.343. The maximum atomic E-state index is 11.7. The Balaban J connectivity index is 2.92. The van der Waals surface area contributed by atoms with E-state index in [1.165, 1.54) is 0 Å². The van der Waals surface area contributed by atoms with Crippen LogP contribution in [0.4, 0.5) is 0 Å². The van der Waals surface area contributed by atoms with Gasteiger partial charge >= 0.3 is 72.8 Å². The highest BCUT2D eigenvalue weighted by Crippen LogP contribution is 2.36. The topological polar surface area (TPSA) is 493 Å². The fourth-order valence-electron chi connectivity index (χ4n) is 4.02. The largest absolute Gasteiger partial charge is 0.397 e. The molecule has 0 aromatic carbocycles. The predicted molar refractivity (Wildman–Crippen MR) is 142 cm³/mol. The van der Waals surface area contributed by atoms with Crippen LogP contribution in [0.1, 0.15) is 0 Å². The summed E-state index contributed by atoms with van der Waals surface area (Å²) in [4.78, 5) is 0. The second-order valence-electron chi connectivity index (χ2n) is 9.08. The molecule has 0 bridgehead atoms. The molecule has 32 nitrogen and oxygen atoms in total. The highest BCUT2D eigenvalue weighted by molar-refractivity contribution is 7.82. The molecular formula is C12H22O32S7. The van der Waals surface area contributed by atoms with Gasteiger partial charge in [-0.25, -0.2) is 29.3 Å². The van der Waals surface area contributed by atoms with Crippen molar-refractivity contribution in [1.82, 2.24) is 0 Å². The van der Waals surface area contributed by atoms with E-state index < -0.39 is 147 Å². The van der Waals surface area contributed by atoms with Gasteiger partial charge in [-0.1, -0.05) is 0 Å². The molecule has 8 N–H and O–H groups in total.